The molecule has 0 fully saturated rings. The second kappa shape index (κ2) is 7.04. The van der Waals surface area contributed by atoms with Gasteiger partial charge in [-0.2, -0.15) is 0 Å². The van der Waals surface area contributed by atoms with Crippen molar-refractivity contribution in [2.75, 3.05) is 11.6 Å². The van der Waals surface area contributed by atoms with E-state index in [9.17, 15) is 12.8 Å². The number of hydrogen-bond donors (Lipinski definition) is 2. The van der Waals surface area contributed by atoms with Crippen molar-refractivity contribution in [2.24, 2.45) is 4.99 Å². The zero-order chi connectivity index (χ0) is 16.0. The number of benzene rings is 2. The van der Waals surface area contributed by atoms with Crippen LogP contribution in [0.4, 0.5) is 10.1 Å². The lowest BCUT2D eigenvalue weighted by Gasteiger charge is -2.11. The molecule has 0 spiro atoms. The molecule has 22 heavy (non-hydrogen) atoms. The standard InChI is InChI=1S/C15H16FN3O2S/c1-22(20,21)19-15(18-13-8-3-2-4-9-13)17-11-12-7-5-6-10-14(12)16/h2-10H,11H2,1H3,(H2,17,18,19). The molecule has 2 aromatic carbocycles. The van der Waals surface area contributed by atoms with Gasteiger partial charge >= 0.3 is 0 Å². The maximum absolute atomic E-state index is 13.6. The van der Waals surface area contributed by atoms with E-state index in [0.717, 1.165) is 6.26 Å². The van der Waals surface area contributed by atoms with E-state index in [2.05, 4.69) is 15.0 Å². The van der Waals surface area contributed by atoms with Crippen molar-refractivity contribution in [1.82, 2.24) is 4.72 Å². The summed E-state index contributed by atoms with van der Waals surface area (Å²) < 4.78 is 38.7. The van der Waals surface area contributed by atoms with Crippen LogP contribution in [0.15, 0.2) is 59.6 Å². The second-order valence-electron chi connectivity index (χ2n) is 4.62. The van der Waals surface area contributed by atoms with Gasteiger partial charge in [0.25, 0.3) is 0 Å². The molecule has 2 rings (SSSR count). The molecule has 7 heteroatoms. The Labute approximate surface area is 129 Å². The zero-order valence-corrected chi connectivity index (χ0v) is 12.8. The van der Waals surface area contributed by atoms with Gasteiger partial charge in [0.1, 0.15) is 5.82 Å². The van der Waals surface area contributed by atoms with E-state index in [1.54, 1.807) is 42.5 Å². The first-order chi connectivity index (χ1) is 10.4. The Hall–Kier alpha value is -2.41. The predicted molar refractivity (Wildman–Crippen MR) is 85.6 cm³/mol. The highest BCUT2D eigenvalue weighted by Crippen LogP contribution is 2.09. The first-order valence-electron chi connectivity index (χ1n) is 6.52. The zero-order valence-electron chi connectivity index (χ0n) is 12.0. The summed E-state index contributed by atoms with van der Waals surface area (Å²) in [5, 5.41) is 2.86. The summed E-state index contributed by atoms with van der Waals surface area (Å²) in [6.45, 7) is 0.0182. The van der Waals surface area contributed by atoms with E-state index in [1.807, 2.05) is 6.07 Å². The van der Waals surface area contributed by atoms with Gasteiger partial charge in [0.15, 0.2) is 0 Å². The predicted octanol–water partition coefficient (Wildman–Crippen LogP) is 2.34. The molecule has 5 nitrogen and oxygen atoms in total. The molecule has 0 aliphatic rings. The third-order valence-corrected chi connectivity index (χ3v) is 3.25. The number of sulfonamides is 1. The van der Waals surface area contributed by atoms with Gasteiger partial charge in [-0.15, -0.1) is 0 Å². The van der Waals surface area contributed by atoms with Gasteiger partial charge < -0.3 is 5.32 Å². The molecular weight excluding hydrogens is 305 g/mol. The Morgan fingerprint density at radius 2 is 1.73 bits per heavy atom. The van der Waals surface area contributed by atoms with Gasteiger partial charge in [0, 0.05) is 11.3 Å². The minimum Gasteiger partial charge on any atom is -0.326 e. The Bertz CT molecular complexity index is 761. The summed E-state index contributed by atoms with van der Waals surface area (Å²) >= 11 is 0. The van der Waals surface area contributed by atoms with Gasteiger partial charge in [0.05, 0.1) is 12.8 Å². The SMILES string of the molecule is CS(=O)(=O)NC(=NCc1ccccc1F)Nc1ccccc1. The summed E-state index contributed by atoms with van der Waals surface area (Å²) in [5.74, 6) is -0.346. The average Bonchev–Trinajstić information content (AvgIpc) is 2.46. The van der Waals surface area contributed by atoms with Crippen molar-refractivity contribution in [3.05, 3.63) is 66.0 Å². The number of rotatable bonds is 4. The number of hydrogen-bond acceptors (Lipinski definition) is 3. The molecule has 0 aliphatic carbocycles. The molecule has 0 atom stereocenters. The van der Waals surface area contributed by atoms with E-state index in [1.165, 1.54) is 6.07 Å². The molecule has 0 bridgehead atoms. The van der Waals surface area contributed by atoms with E-state index < -0.39 is 10.0 Å². The summed E-state index contributed by atoms with van der Waals surface area (Å²) in [7, 11) is -3.49. The number of guanidine groups is 1. The van der Waals surface area contributed by atoms with Crippen LogP contribution in [0.1, 0.15) is 5.56 Å². The molecule has 116 valence electrons. The van der Waals surface area contributed by atoms with Crippen molar-refractivity contribution in [2.45, 2.75) is 6.54 Å². The fourth-order valence-electron chi connectivity index (χ4n) is 1.72. The van der Waals surface area contributed by atoms with Crippen LogP contribution in [0.5, 0.6) is 0 Å². The Morgan fingerprint density at radius 1 is 1.09 bits per heavy atom. The molecular formula is C15H16FN3O2S. The molecule has 2 aromatic rings. The minimum atomic E-state index is -3.49. The monoisotopic (exact) mass is 321 g/mol. The lowest BCUT2D eigenvalue weighted by molar-refractivity contribution is 0.598. The highest BCUT2D eigenvalue weighted by molar-refractivity contribution is 7.89. The van der Waals surface area contributed by atoms with Crippen molar-refractivity contribution < 1.29 is 12.8 Å². The molecule has 0 radical (unpaired) electrons. The smallest absolute Gasteiger partial charge is 0.232 e. The second-order valence-corrected chi connectivity index (χ2v) is 6.37. The highest BCUT2D eigenvalue weighted by atomic mass is 32.2. The topological polar surface area (TPSA) is 70.6 Å². The molecule has 0 amide bonds. The quantitative estimate of drug-likeness (QED) is 0.671. The van der Waals surface area contributed by atoms with Gasteiger partial charge in [-0.1, -0.05) is 36.4 Å². The first-order valence-corrected chi connectivity index (χ1v) is 8.41. The fourth-order valence-corrected chi connectivity index (χ4v) is 2.19. The van der Waals surface area contributed by atoms with Crippen LogP contribution in [-0.2, 0) is 16.6 Å². The molecule has 0 heterocycles. The van der Waals surface area contributed by atoms with Gasteiger partial charge in [-0.25, -0.2) is 17.8 Å². The van der Waals surface area contributed by atoms with Crippen molar-refractivity contribution in [3.63, 3.8) is 0 Å². The molecule has 0 aromatic heterocycles. The summed E-state index contributed by atoms with van der Waals surface area (Å²) in [5.41, 5.74) is 1.05. The number of halogens is 1. The summed E-state index contributed by atoms with van der Waals surface area (Å²) in [4.78, 5) is 4.11. The third-order valence-electron chi connectivity index (χ3n) is 2.68. The fraction of sp³-hybridized carbons (Fsp3) is 0.133. The van der Waals surface area contributed by atoms with Crippen molar-refractivity contribution >= 4 is 21.7 Å². The number of aliphatic imine (C=N–C) groups is 1. The Morgan fingerprint density at radius 3 is 2.36 bits per heavy atom. The average molecular weight is 321 g/mol. The number of para-hydroxylation sites is 1. The van der Waals surface area contributed by atoms with E-state index in [0.29, 0.717) is 11.3 Å². The van der Waals surface area contributed by atoms with Crippen LogP contribution in [0.25, 0.3) is 0 Å². The molecule has 0 aliphatic heterocycles. The maximum Gasteiger partial charge on any atom is 0.232 e. The molecule has 0 saturated carbocycles. The van der Waals surface area contributed by atoms with Crippen LogP contribution >= 0.6 is 0 Å². The third kappa shape index (κ3) is 5.17. The van der Waals surface area contributed by atoms with Crippen LogP contribution in [0.3, 0.4) is 0 Å². The normalized spacial score (nSPS) is 12.0. The highest BCUT2D eigenvalue weighted by Gasteiger charge is 2.08. The number of nitrogens with one attached hydrogen (secondary N) is 2. The van der Waals surface area contributed by atoms with Crippen molar-refractivity contribution in [1.29, 1.82) is 0 Å². The molecule has 2 N–H and O–H groups in total. The number of nitrogens with zero attached hydrogens (tertiary/aromatic N) is 1. The minimum absolute atomic E-state index is 0.0182. The Kier molecular flexibility index (Phi) is 5.11. The largest absolute Gasteiger partial charge is 0.326 e. The van der Waals surface area contributed by atoms with E-state index >= 15 is 0 Å². The maximum atomic E-state index is 13.6. The van der Waals surface area contributed by atoms with Crippen LogP contribution < -0.4 is 10.0 Å². The summed E-state index contributed by atoms with van der Waals surface area (Å²) in [6.07, 6.45) is 1.03. The van der Waals surface area contributed by atoms with Gasteiger partial charge in [-0.05, 0) is 18.2 Å². The van der Waals surface area contributed by atoms with E-state index in [4.69, 9.17) is 0 Å². The van der Waals surface area contributed by atoms with Crippen LogP contribution in [0, 0.1) is 5.82 Å². The van der Waals surface area contributed by atoms with Crippen molar-refractivity contribution in [3.8, 4) is 0 Å². The molecule has 0 saturated heterocycles. The first kappa shape index (κ1) is 16.0. The summed E-state index contributed by atoms with van der Waals surface area (Å²) in [6, 6.07) is 15.2. The van der Waals surface area contributed by atoms with Crippen LogP contribution in [0.2, 0.25) is 0 Å². The lowest BCUT2D eigenvalue weighted by Crippen LogP contribution is -2.35. The van der Waals surface area contributed by atoms with Gasteiger partial charge in [0.2, 0.25) is 16.0 Å². The van der Waals surface area contributed by atoms with Crippen LogP contribution in [-0.4, -0.2) is 20.6 Å². The molecule has 0 unspecified atom stereocenters. The lowest BCUT2D eigenvalue weighted by atomic mass is 10.2. The number of anilines is 1. The van der Waals surface area contributed by atoms with Gasteiger partial charge in [-0.3, -0.25) is 4.72 Å². The Balaban J connectivity index is 2.20. The van der Waals surface area contributed by atoms with E-state index in [-0.39, 0.29) is 18.3 Å².